The van der Waals surface area contributed by atoms with Gasteiger partial charge in [0.1, 0.15) is 11.6 Å². The Morgan fingerprint density at radius 2 is 2.25 bits per heavy atom. The van der Waals surface area contributed by atoms with Crippen molar-refractivity contribution in [2.75, 3.05) is 18.2 Å². The van der Waals surface area contributed by atoms with E-state index in [0.29, 0.717) is 35.1 Å². The Morgan fingerprint density at radius 3 is 2.90 bits per heavy atom. The summed E-state index contributed by atoms with van der Waals surface area (Å²) in [7, 11) is 1.37. The molecular formula is C14H19N3O3. The number of hydrogen-bond donors (Lipinski definition) is 2. The van der Waals surface area contributed by atoms with Crippen molar-refractivity contribution < 1.29 is 13.9 Å². The molecular weight excluding hydrogens is 258 g/mol. The number of nitrogens with two attached hydrogens (primary N) is 1. The van der Waals surface area contributed by atoms with Crippen molar-refractivity contribution in [1.82, 2.24) is 4.98 Å². The van der Waals surface area contributed by atoms with Crippen LogP contribution in [0.3, 0.4) is 0 Å². The van der Waals surface area contributed by atoms with Crippen molar-refractivity contribution in [2.45, 2.75) is 26.3 Å². The Morgan fingerprint density at radius 1 is 1.50 bits per heavy atom. The van der Waals surface area contributed by atoms with E-state index in [1.165, 1.54) is 7.11 Å². The van der Waals surface area contributed by atoms with Gasteiger partial charge in [0.15, 0.2) is 5.58 Å². The van der Waals surface area contributed by atoms with Crippen LogP contribution in [0.4, 0.5) is 11.7 Å². The molecule has 0 bridgehead atoms. The Bertz CT molecular complexity index is 607. The summed E-state index contributed by atoms with van der Waals surface area (Å²) in [6, 6.07) is 5.02. The Labute approximate surface area is 117 Å². The van der Waals surface area contributed by atoms with E-state index in [1.54, 1.807) is 18.2 Å². The van der Waals surface area contributed by atoms with E-state index in [4.69, 9.17) is 14.9 Å². The van der Waals surface area contributed by atoms with Gasteiger partial charge in [-0.3, -0.25) is 0 Å². The van der Waals surface area contributed by atoms with E-state index >= 15 is 0 Å². The lowest BCUT2D eigenvalue weighted by Crippen LogP contribution is -2.32. The maximum atomic E-state index is 11.7. The summed E-state index contributed by atoms with van der Waals surface area (Å²) >= 11 is 0. The highest BCUT2D eigenvalue weighted by atomic mass is 16.5. The van der Waals surface area contributed by atoms with Crippen LogP contribution in [0.25, 0.3) is 11.1 Å². The molecule has 0 aliphatic carbocycles. The fourth-order valence-electron chi connectivity index (χ4n) is 1.98. The van der Waals surface area contributed by atoms with Gasteiger partial charge in [0.25, 0.3) is 6.01 Å². The lowest BCUT2D eigenvalue weighted by atomic mass is 10.0. The number of rotatable bonds is 5. The van der Waals surface area contributed by atoms with Crippen molar-refractivity contribution in [1.29, 1.82) is 0 Å². The second-order valence-corrected chi connectivity index (χ2v) is 5.10. The zero-order valence-corrected chi connectivity index (χ0v) is 11.8. The number of carbonyl (C=O) groups excluding carboxylic acids is 1. The normalized spacial score (nSPS) is 12.6. The Balaban J connectivity index is 2.21. The van der Waals surface area contributed by atoms with Crippen molar-refractivity contribution >= 4 is 28.8 Å². The number of anilines is 2. The van der Waals surface area contributed by atoms with Gasteiger partial charge >= 0.3 is 5.97 Å². The summed E-state index contributed by atoms with van der Waals surface area (Å²) in [6.07, 6.45) is 0.632. The van der Waals surface area contributed by atoms with Crippen molar-refractivity contribution in [3.8, 4) is 0 Å². The molecule has 2 aromatic rings. The highest BCUT2D eigenvalue weighted by molar-refractivity contribution is 5.81. The average Bonchev–Trinajstić information content (AvgIpc) is 2.77. The molecule has 1 aromatic heterocycles. The van der Waals surface area contributed by atoms with Gasteiger partial charge in [0.05, 0.1) is 7.11 Å². The molecule has 1 atom stereocenters. The molecule has 20 heavy (non-hydrogen) atoms. The number of carbonyl (C=O) groups is 1. The molecule has 0 radical (unpaired) electrons. The first-order valence-corrected chi connectivity index (χ1v) is 6.50. The summed E-state index contributed by atoms with van der Waals surface area (Å²) < 4.78 is 10.3. The summed E-state index contributed by atoms with van der Waals surface area (Å²) in [5.74, 6) is 0.00657. The summed E-state index contributed by atoms with van der Waals surface area (Å²) in [4.78, 5) is 16.0. The molecule has 0 spiro atoms. The van der Waals surface area contributed by atoms with Crippen LogP contribution in [0.15, 0.2) is 22.6 Å². The predicted octanol–water partition coefficient (Wildman–Crippen LogP) is 2.41. The van der Waals surface area contributed by atoms with Gasteiger partial charge in [0.2, 0.25) is 0 Å². The van der Waals surface area contributed by atoms with E-state index in [0.717, 1.165) is 0 Å². The minimum absolute atomic E-state index is 0.293. The number of benzene rings is 1. The van der Waals surface area contributed by atoms with Gasteiger partial charge in [0, 0.05) is 5.69 Å². The number of aromatic nitrogens is 1. The van der Waals surface area contributed by atoms with E-state index in [9.17, 15) is 4.79 Å². The third kappa shape index (κ3) is 3.20. The fraction of sp³-hybridized carbons (Fsp3) is 0.429. The molecule has 0 amide bonds. The highest BCUT2D eigenvalue weighted by Gasteiger charge is 2.22. The maximum absolute atomic E-state index is 11.7. The van der Waals surface area contributed by atoms with E-state index < -0.39 is 6.04 Å². The van der Waals surface area contributed by atoms with Crippen LogP contribution < -0.4 is 11.1 Å². The monoisotopic (exact) mass is 277 g/mol. The second-order valence-electron chi connectivity index (χ2n) is 5.10. The number of hydrogen-bond acceptors (Lipinski definition) is 6. The molecule has 2 rings (SSSR count). The van der Waals surface area contributed by atoms with Crippen molar-refractivity contribution in [3.05, 3.63) is 18.2 Å². The molecule has 0 aliphatic rings. The van der Waals surface area contributed by atoms with Crippen LogP contribution in [0.2, 0.25) is 0 Å². The SMILES string of the molecule is COC(=O)C(CC(C)C)Nc1nc2cc(N)ccc2o1. The molecule has 1 heterocycles. The van der Waals surface area contributed by atoms with Crippen LogP contribution in [-0.4, -0.2) is 24.1 Å². The molecule has 0 saturated carbocycles. The second kappa shape index (κ2) is 5.81. The fourth-order valence-corrected chi connectivity index (χ4v) is 1.98. The van der Waals surface area contributed by atoms with Crippen molar-refractivity contribution in [3.63, 3.8) is 0 Å². The number of ether oxygens (including phenoxy) is 1. The number of nitrogen functional groups attached to an aromatic ring is 1. The van der Waals surface area contributed by atoms with Gasteiger partial charge in [-0.25, -0.2) is 4.79 Å². The minimum Gasteiger partial charge on any atom is -0.467 e. The van der Waals surface area contributed by atoms with Crippen molar-refractivity contribution in [2.24, 2.45) is 5.92 Å². The molecule has 108 valence electrons. The zero-order valence-electron chi connectivity index (χ0n) is 11.8. The molecule has 0 fully saturated rings. The third-order valence-corrected chi connectivity index (χ3v) is 2.90. The number of esters is 1. The van der Waals surface area contributed by atoms with E-state index in [-0.39, 0.29) is 5.97 Å². The summed E-state index contributed by atoms with van der Waals surface area (Å²) in [5, 5.41) is 2.98. The number of fused-ring (bicyclic) bond motifs is 1. The predicted molar refractivity (Wildman–Crippen MR) is 77.3 cm³/mol. The number of nitrogens with zero attached hydrogens (tertiary/aromatic N) is 1. The number of methoxy groups -OCH3 is 1. The van der Waals surface area contributed by atoms with E-state index in [2.05, 4.69) is 10.3 Å². The molecule has 1 aromatic carbocycles. The first-order chi connectivity index (χ1) is 9.49. The van der Waals surface area contributed by atoms with Crippen LogP contribution in [-0.2, 0) is 9.53 Å². The molecule has 6 heteroatoms. The molecule has 3 N–H and O–H groups in total. The van der Waals surface area contributed by atoms with Crippen LogP contribution in [0.1, 0.15) is 20.3 Å². The van der Waals surface area contributed by atoms with Crippen LogP contribution in [0, 0.1) is 5.92 Å². The molecule has 6 nitrogen and oxygen atoms in total. The lowest BCUT2D eigenvalue weighted by molar-refractivity contribution is -0.141. The van der Waals surface area contributed by atoms with Gasteiger partial charge in [-0.15, -0.1) is 0 Å². The molecule has 0 aliphatic heterocycles. The standard InChI is InChI=1S/C14H19N3O3/c1-8(2)6-11(13(18)19-3)17-14-16-10-7-9(15)4-5-12(10)20-14/h4-5,7-8,11H,6,15H2,1-3H3,(H,16,17). The first-order valence-electron chi connectivity index (χ1n) is 6.50. The maximum Gasteiger partial charge on any atom is 0.328 e. The van der Waals surface area contributed by atoms with Crippen LogP contribution >= 0.6 is 0 Å². The zero-order chi connectivity index (χ0) is 14.7. The van der Waals surface area contributed by atoms with Crippen LogP contribution in [0.5, 0.6) is 0 Å². The summed E-state index contributed by atoms with van der Waals surface area (Å²) in [6.45, 7) is 4.06. The first kappa shape index (κ1) is 14.2. The van der Waals surface area contributed by atoms with Gasteiger partial charge in [-0.2, -0.15) is 4.98 Å². The molecule has 1 unspecified atom stereocenters. The quantitative estimate of drug-likeness (QED) is 0.644. The number of oxazole rings is 1. The topological polar surface area (TPSA) is 90.4 Å². The average molecular weight is 277 g/mol. The Kier molecular flexibility index (Phi) is 4.12. The Hall–Kier alpha value is -2.24. The van der Waals surface area contributed by atoms with E-state index in [1.807, 2.05) is 13.8 Å². The summed E-state index contributed by atoms with van der Waals surface area (Å²) in [5.41, 5.74) is 7.58. The van der Waals surface area contributed by atoms with Gasteiger partial charge in [-0.1, -0.05) is 13.8 Å². The van der Waals surface area contributed by atoms with Gasteiger partial charge < -0.3 is 20.2 Å². The number of nitrogens with one attached hydrogen (secondary N) is 1. The third-order valence-electron chi connectivity index (χ3n) is 2.90. The largest absolute Gasteiger partial charge is 0.467 e. The smallest absolute Gasteiger partial charge is 0.328 e. The van der Waals surface area contributed by atoms with Gasteiger partial charge in [-0.05, 0) is 30.5 Å². The minimum atomic E-state index is -0.481. The molecule has 0 saturated heterocycles. The lowest BCUT2D eigenvalue weighted by Gasteiger charge is -2.16. The highest BCUT2D eigenvalue weighted by Crippen LogP contribution is 2.22.